The van der Waals surface area contributed by atoms with E-state index in [0.717, 1.165) is 0 Å². The van der Waals surface area contributed by atoms with Gasteiger partial charge in [-0.2, -0.15) is 32.2 Å². The Morgan fingerprint density at radius 3 is 1.54 bits per heavy atom. The van der Waals surface area contributed by atoms with Crippen LogP contribution in [0.25, 0.3) is 10.8 Å². The van der Waals surface area contributed by atoms with Crippen LogP contribution in [0.1, 0.15) is 0 Å². The molecule has 0 amide bonds. The fraction of sp³-hybridized carbons (Fsp3) is 0. The van der Waals surface area contributed by atoms with Crippen LogP contribution in [0.2, 0.25) is 0 Å². The second-order valence-electron chi connectivity index (χ2n) is 7.15. The van der Waals surface area contributed by atoms with E-state index in [-0.39, 0.29) is 80.8 Å². The first kappa shape index (κ1) is 31.2. The first-order valence-electron chi connectivity index (χ1n) is 9.76. The van der Waals surface area contributed by atoms with Crippen LogP contribution in [0.3, 0.4) is 0 Å². The van der Waals surface area contributed by atoms with E-state index >= 15 is 0 Å². The van der Waals surface area contributed by atoms with Crippen molar-refractivity contribution < 1.29 is 31.0 Å². The Balaban J connectivity index is 0.00000241. The van der Waals surface area contributed by atoms with E-state index in [1.54, 1.807) is 30.3 Å². The Morgan fingerprint density at radius 2 is 1.05 bits per heavy atom. The predicted octanol–water partition coefficient (Wildman–Crippen LogP) is 5.11. The summed E-state index contributed by atoms with van der Waals surface area (Å²) < 4.78 is 64.3. The Bertz CT molecular complexity index is 1690. The summed E-state index contributed by atoms with van der Waals surface area (Å²) in [6, 6.07) is 18.5. The molecule has 0 spiro atoms. The third-order valence-corrected chi connectivity index (χ3v) is 6.53. The zero-order chi connectivity index (χ0) is 25.2. The summed E-state index contributed by atoms with van der Waals surface area (Å²) >= 11 is 0. The van der Waals surface area contributed by atoms with Crippen molar-refractivity contribution in [2.24, 2.45) is 20.5 Å². The average Bonchev–Trinajstić information content (AvgIpc) is 2.81. The molecule has 0 bridgehead atoms. The molecule has 15 heteroatoms. The van der Waals surface area contributed by atoms with Gasteiger partial charge in [0.2, 0.25) is 0 Å². The van der Waals surface area contributed by atoms with Gasteiger partial charge in [-0.1, -0.05) is 18.2 Å². The summed E-state index contributed by atoms with van der Waals surface area (Å²) in [6.45, 7) is 0. The maximum atomic E-state index is 11.8. The summed E-state index contributed by atoms with van der Waals surface area (Å²) in [5, 5.41) is 26.8. The van der Waals surface area contributed by atoms with Gasteiger partial charge in [-0.15, -0.1) is 5.11 Å². The standard InChI is InChI=1S/C22H16N4O7S2.2Na/c27-19-13-4-14-2-1-3-20(35(31,32)33)21(14)22(19)26-25-16-7-5-15(6-8-16)23-24-17-9-11-18(12-10-17)34(28,29)30;;/h1-13,27H,(H,28,29,30)(H,31,32,33);;. The molecule has 2 radical (unpaired) electrons. The van der Waals surface area contributed by atoms with Crippen molar-refractivity contribution in [3.8, 4) is 5.75 Å². The summed E-state index contributed by atoms with van der Waals surface area (Å²) in [7, 11) is -8.87. The van der Waals surface area contributed by atoms with E-state index in [2.05, 4.69) is 20.5 Å². The molecule has 3 N–H and O–H groups in total. The second-order valence-corrected chi connectivity index (χ2v) is 9.96. The molecular weight excluding hydrogens is 542 g/mol. The van der Waals surface area contributed by atoms with Gasteiger partial charge in [-0.25, -0.2) is 0 Å². The Kier molecular flexibility index (Phi) is 10.7. The van der Waals surface area contributed by atoms with Crippen LogP contribution in [0.15, 0.2) is 109 Å². The minimum atomic E-state index is -4.57. The zero-order valence-corrected chi connectivity index (χ0v) is 25.2. The van der Waals surface area contributed by atoms with E-state index in [1.165, 1.54) is 48.5 Å². The normalized spacial score (nSPS) is 11.9. The number of aromatic hydroxyl groups is 1. The molecule has 0 unspecified atom stereocenters. The Labute approximate surface area is 256 Å². The van der Waals surface area contributed by atoms with Gasteiger partial charge in [0, 0.05) is 64.5 Å². The minimum absolute atomic E-state index is 0. The van der Waals surface area contributed by atoms with E-state index in [9.17, 15) is 26.5 Å². The molecule has 37 heavy (non-hydrogen) atoms. The molecule has 0 saturated heterocycles. The van der Waals surface area contributed by atoms with Crippen LogP contribution in [0, 0.1) is 0 Å². The fourth-order valence-corrected chi connectivity index (χ4v) is 4.33. The van der Waals surface area contributed by atoms with Crippen LogP contribution >= 0.6 is 0 Å². The van der Waals surface area contributed by atoms with Crippen molar-refractivity contribution in [1.29, 1.82) is 0 Å². The molecule has 0 aliphatic rings. The number of hydrogen-bond acceptors (Lipinski definition) is 9. The van der Waals surface area contributed by atoms with Gasteiger partial charge in [-0.05, 0) is 66.0 Å². The summed E-state index contributed by atoms with van der Waals surface area (Å²) in [5.74, 6) is -0.317. The number of nitrogens with zero attached hydrogens (tertiary/aromatic N) is 4. The number of hydrogen-bond donors (Lipinski definition) is 3. The van der Waals surface area contributed by atoms with Crippen LogP contribution in [0.5, 0.6) is 5.75 Å². The topological polar surface area (TPSA) is 178 Å². The maximum absolute atomic E-state index is 11.8. The average molecular weight is 559 g/mol. The first-order valence-corrected chi connectivity index (χ1v) is 12.6. The zero-order valence-electron chi connectivity index (χ0n) is 19.6. The fourth-order valence-electron chi connectivity index (χ4n) is 3.13. The molecule has 0 heterocycles. The summed E-state index contributed by atoms with van der Waals surface area (Å²) in [4.78, 5) is -0.660. The van der Waals surface area contributed by atoms with Crippen molar-refractivity contribution in [3.05, 3.63) is 78.9 Å². The van der Waals surface area contributed by atoms with Gasteiger partial charge in [-0.3, -0.25) is 9.11 Å². The van der Waals surface area contributed by atoms with Crippen LogP contribution < -0.4 is 0 Å². The van der Waals surface area contributed by atoms with Crippen molar-refractivity contribution in [3.63, 3.8) is 0 Å². The van der Waals surface area contributed by atoms with E-state index in [0.29, 0.717) is 22.4 Å². The van der Waals surface area contributed by atoms with Gasteiger partial charge < -0.3 is 5.11 Å². The van der Waals surface area contributed by atoms with Crippen molar-refractivity contribution >= 4 is 113 Å². The maximum Gasteiger partial charge on any atom is 0.295 e. The van der Waals surface area contributed by atoms with Crippen LogP contribution in [-0.2, 0) is 20.2 Å². The van der Waals surface area contributed by atoms with Gasteiger partial charge in [0.05, 0.1) is 22.0 Å². The van der Waals surface area contributed by atoms with Crippen LogP contribution in [0.4, 0.5) is 22.7 Å². The number of fused-ring (bicyclic) bond motifs is 1. The third-order valence-electron chi connectivity index (χ3n) is 4.77. The molecule has 0 aliphatic heterocycles. The summed E-state index contributed by atoms with van der Waals surface area (Å²) in [6.07, 6.45) is 0. The quantitative estimate of drug-likeness (QED) is 0.167. The summed E-state index contributed by atoms with van der Waals surface area (Å²) in [5.41, 5.74) is 1.06. The Hall–Kier alpha value is -2.04. The van der Waals surface area contributed by atoms with Crippen LogP contribution in [-0.4, -0.2) is 90.2 Å². The molecule has 0 aliphatic carbocycles. The molecule has 0 fully saturated rings. The van der Waals surface area contributed by atoms with E-state index < -0.39 is 25.1 Å². The number of benzene rings is 4. The molecule has 4 aromatic rings. The number of phenolic OH excluding ortho intramolecular Hbond substituents is 1. The monoisotopic (exact) mass is 558 g/mol. The second kappa shape index (κ2) is 12.7. The van der Waals surface area contributed by atoms with Gasteiger partial charge in [0.25, 0.3) is 20.2 Å². The number of phenols is 1. The third kappa shape index (κ3) is 7.74. The first-order chi connectivity index (χ1) is 16.5. The van der Waals surface area contributed by atoms with E-state index in [4.69, 9.17) is 4.55 Å². The molecule has 0 atom stereocenters. The SMILES string of the molecule is O=S(=O)(O)c1ccc(N=Nc2ccc(N=Nc3c(O)ccc4cccc(S(=O)(=O)O)c34)cc2)cc1.[Na].[Na]. The predicted molar refractivity (Wildman–Crippen MR) is 138 cm³/mol. The Morgan fingerprint density at radius 1 is 0.568 bits per heavy atom. The van der Waals surface area contributed by atoms with Crippen molar-refractivity contribution in [1.82, 2.24) is 0 Å². The van der Waals surface area contributed by atoms with Crippen molar-refractivity contribution in [2.75, 3.05) is 0 Å². The molecule has 0 aromatic heterocycles. The molecule has 11 nitrogen and oxygen atoms in total. The van der Waals surface area contributed by atoms with Gasteiger partial charge >= 0.3 is 0 Å². The smallest absolute Gasteiger partial charge is 0.295 e. The van der Waals surface area contributed by atoms with Gasteiger partial charge in [0.1, 0.15) is 16.3 Å². The number of rotatable bonds is 6. The molecule has 180 valence electrons. The van der Waals surface area contributed by atoms with Crippen molar-refractivity contribution in [2.45, 2.75) is 9.79 Å². The molecular formula is C22H16N4Na2O7S2. The van der Waals surface area contributed by atoms with E-state index in [1.807, 2.05) is 0 Å². The largest absolute Gasteiger partial charge is 0.506 e. The van der Waals surface area contributed by atoms with Gasteiger partial charge in [0.15, 0.2) is 0 Å². The minimum Gasteiger partial charge on any atom is -0.506 e. The molecule has 0 saturated carbocycles. The molecule has 4 rings (SSSR count). The molecule has 4 aromatic carbocycles. The number of azo groups is 2.